The summed E-state index contributed by atoms with van der Waals surface area (Å²) < 4.78 is 3.77. The van der Waals surface area contributed by atoms with Gasteiger partial charge in [-0.05, 0) is 18.8 Å². The molecule has 0 aromatic carbocycles. The molecule has 1 N–H and O–H groups in total. The first-order valence-electron chi connectivity index (χ1n) is 3.96. The zero-order chi connectivity index (χ0) is 7.52. The predicted molar refractivity (Wildman–Crippen MR) is 45.7 cm³/mol. The van der Waals surface area contributed by atoms with Gasteiger partial charge >= 0.3 is 0 Å². The lowest BCUT2D eigenvalue weighted by Crippen LogP contribution is -2.20. The minimum atomic E-state index is 0.900. The van der Waals surface area contributed by atoms with Gasteiger partial charge in [0.05, 0.1) is 6.20 Å². The molecule has 1 aromatic rings. The Bertz CT molecular complexity index is 205. The van der Waals surface area contributed by atoms with Gasteiger partial charge in [0.15, 0.2) is 0 Å². The van der Waals surface area contributed by atoms with Gasteiger partial charge in [-0.2, -0.15) is 0 Å². The molecule has 0 unspecified atom stereocenters. The molecule has 3 nitrogen and oxygen atoms in total. The fourth-order valence-corrected chi connectivity index (χ4v) is 1.61. The third-order valence-corrected chi connectivity index (χ3v) is 2.77. The van der Waals surface area contributed by atoms with E-state index in [0.29, 0.717) is 0 Å². The first-order valence-corrected chi connectivity index (χ1v) is 4.74. The Hall–Kier alpha value is -0.640. The van der Waals surface area contributed by atoms with Crippen molar-refractivity contribution in [2.45, 2.75) is 19.3 Å². The van der Waals surface area contributed by atoms with Crippen LogP contribution in [0.1, 0.15) is 19.3 Å². The smallest absolute Gasteiger partial charge is 0.130 e. The highest BCUT2D eigenvalue weighted by Crippen LogP contribution is 2.26. The molecule has 1 aromatic heterocycles. The van der Waals surface area contributed by atoms with Crippen LogP contribution in [0.15, 0.2) is 6.20 Å². The summed E-state index contributed by atoms with van der Waals surface area (Å²) in [6.45, 7) is 1.10. The fourth-order valence-electron chi connectivity index (χ4n) is 1.19. The largest absolute Gasteiger partial charge is 0.374 e. The fraction of sp³-hybridized carbons (Fsp3) is 0.714. The third kappa shape index (κ3) is 1.68. The Labute approximate surface area is 70.0 Å². The number of hydrogen-bond donors (Lipinski definition) is 1. The van der Waals surface area contributed by atoms with E-state index in [2.05, 4.69) is 14.9 Å². The van der Waals surface area contributed by atoms with E-state index in [1.165, 1.54) is 30.8 Å². The number of nitrogens with zero attached hydrogens (tertiary/aromatic N) is 2. The van der Waals surface area contributed by atoms with Gasteiger partial charge in [-0.25, -0.2) is 0 Å². The van der Waals surface area contributed by atoms with Crippen molar-refractivity contribution in [1.82, 2.24) is 9.59 Å². The lowest BCUT2D eigenvalue weighted by molar-refractivity contribution is 0.333. The Balaban J connectivity index is 1.74. The molecule has 0 amide bonds. The molecular formula is C7H11N3S. The van der Waals surface area contributed by atoms with E-state index in [0.717, 1.165) is 17.5 Å². The van der Waals surface area contributed by atoms with E-state index < -0.39 is 0 Å². The number of rotatable bonds is 3. The van der Waals surface area contributed by atoms with E-state index in [4.69, 9.17) is 0 Å². The highest BCUT2D eigenvalue weighted by Gasteiger charge is 2.16. The van der Waals surface area contributed by atoms with Gasteiger partial charge in [-0.3, -0.25) is 0 Å². The zero-order valence-corrected chi connectivity index (χ0v) is 7.10. The molecule has 1 saturated carbocycles. The van der Waals surface area contributed by atoms with Crippen LogP contribution in [0.4, 0.5) is 5.00 Å². The molecule has 0 bridgehead atoms. The monoisotopic (exact) mass is 169 g/mol. The van der Waals surface area contributed by atoms with E-state index in [1.54, 1.807) is 6.20 Å². The summed E-state index contributed by atoms with van der Waals surface area (Å²) in [7, 11) is 0. The van der Waals surface area contributed by atoms with Crippen LogP contribution in [0, 0.1) is 5.92 Å². The summed E-state index contributed by atoms with van der Waals surface area (Å²) in [4.78, 5) is 0. The second kappa shape index (κ2) is 3.17. The van der Waals surface area contributed by atoms with Crippen LogP contribution < -0.4 is 5.32 Å². The normalized spacial score (nSPS) is 17.8. The van der Waals surface area contributed by atoms with E-state index >= 15 is 0 Å². The van der Waals surface area contributed by atoms with E-state index in [9.17, 15) is 0 Å². The number of hydrogen-bond acceptors (Lipinski definition) is 4. The quantitative estimate of drug-likeness (QED) is 0.749. The van der Waals surface area contributed by atoms with Gasteiger partial charge in [-0.15, -0.1) is 5.10 Å². The topological polar surface area (TPSA) is 37.8 Å². The van der Waals surface area contributed by atoms with Crippen LogP contribution in [-0.2, 0) is 0 Å². The second-order valence-corrected chi connectivity index (χ2v) is 3.75. The maximum atomic E-state index is 3.77. The molecule has 2 rings (SSSR count). The van der Waals surface area contributed by atoms with Gasteiger partial charge in [0.25, 0.3) is 0 Å². The highest BCUT2D eigenvalue weighted by molar-refractivity contribution is 7.09. The standard InChI is InChI=1S/C7H11N3S/c1-2-6(3-1)4-8-7-5-9-10-11-7/h5-6,8H,1-4H2. The summed E-state index contributed by atoms with van der Waals surface area (Å²) >= 11 is 1.43. The minimum Gasteiger partial charge on any atom is -0.374 e. The Morgan fingerprint density at radius 3 is 3.09 bits per heavy atom. The van der Waals surface area contributed by atoms with Crippen LogP contribution in [0.25, 0.3) is 0 Å². The summed E-state index contributed by atoms with van der Waals surface area (Å²) in [6, 6.07) is 0. The third-order valence-electron chi connectivity index (χ3n) is 2.15. The first-order chi connectivity index (χ1) is 5.45. The van der Waals surface area contributed by atoms with Crippen molar-refractivity contribution < 1.29 is 0 Å². The summed E-state index contributed by atoms with van der Waals surface area (Å²) in [5, 5.41) is 8.16. The molecule has 60 valence electrons. The number of nitrogens with one attached hydrogen (secondary N) is 1. The van der Waals surface area contributed by atoms with Crippen LogP contribution in [0.5, 0.6) is 0 Å². The van der Waals surface area contributed by atoms with Crippen LogP contribution in [0.3, 0.4) is 0 Å². The Morgan fingerprint density at radius 2 is 2.55 bits per heavy atom. The Kier molecular flexibility index (Phi) is 2.03. The van der Waals surface area contributed by atoms with Gasteiger partial charge < -0.3 is 5.32 Å². The van der Waals surface area contributed by atoms with Crippen LogP contribution in [-0.4, -0.2) is 16.1 Å². The van der Waals surface area contributed by atoms with Gasteiger partial charge in [0, 0.05) is 18.1 Å². The first kappa shape index (κ1) is 7.03. The molecular weight excluding hydrogens is 158 g/mol. The van der Waals surface area contributed by atoms with Crippen LogP contribution >= 0.6 is 11.5 Å². The summed E-state index contributed by atoms with van der Waals surface area (Å²) in [6.07, 6.45) is 5.97. The molecule has 1 heterocycles. The van der Waals surface area contributed by atoms with Crippen molar-refractivity contribution in [3.8, 4) is 0 Å². The van der Waals surface area contributed by atoms with Crippen molar-refractivity contribution in [3.63, 3.8) is 0 Å². The summed E-state index contributed by atoms with van der Waals surface area (Å²) in [5.74, 6) is 0.900. The molecule has 0 radical (unpaired) electrons. The highest BCUT2D eigenvalue weighted by atomic mass is 32.1. The average Bonchev–Trinajstić information content (AvgIpc) is 2.36. The van der Waals surface area contributed by atoms with Gasteiger partial charge in [0.1, 0.15) is 5.00 Å². The van der Waals surface area contributed by atoms with Crippen molar-refractivity contribution in [1.29, 1.82) is 0 Å². The molecule has 1 aliphatic carbocycles. The number of aromatic nitrogens is 2. The minimum absolute atomic E-state index is 0.900. The zero-order valence-electron chi connectivity index (χ0n) is 6.29. The molecule has 0 spiro atoms. The Morgan fingerprint density at radius 1 is 1.64 bits per heavy atom. The number of anilines is 1. The molecule has 0 saturated heterocycles. The van der Waals surface area contributed by atoms with Crippen LogP contribution in [0.2, 0.25) is 0 Å². The van der Waals surface area contributed by atoms with Crippen molar-refractivity contribution in [3.05, 3.63) is 6.20 Å². The van der Waals surface area contributed by atoms with Crippen molar-refractivity contribution in [2.75, 3.05) is 11.9 Å². The van der Waals surface area contributed by atoms with Gasteiger partial charge in [-0.1, -0.05) is 10.9 Å². The molecule has 0 atom stereocenters. The SMILES string of the molecule is c1nnsc1NCC1CCC1. The van der Waals surface area contributed by atoms with E-state index in [-0.39, 0.29) is 0 Å². The second-order valence-electron chi connectivity index (χ2n) is 2.96. The van der Waals surface area contributed by atoms with Crippen molar-refractivity contribution >= 4 is 16.5 Å². The molecule has 1 fully saturated rings. The maximum Gasteiger partial charge on any atom is 0.130 e. The molecule has 0 aliphatic heterocycles. The molecule has 1 aliphatic rings. The lowest BCUT2D eigenvalue weighted by atomic mass is 9.85. The predicted octanol–water partition coefficient (Wildman–Crippen LogP) is 1.75. The maximum absolute atomic E-state index is 3.77. The van der Waals surface area contributed by atoms with Crippen molar-refractivity contribution in [2.24, 2.45) is 5.92 Å². The average molecular weight is 169 g/mol. The summed E-state index contributed by atoms with van der Waals surface area (Å²) in [5.41, 5.74) is 0. The molecule has 11 heavy (non-hydrogen) atoms. The van der Waals surface area contributed by atoms with Gasteiger partial charge in [0.2, 0.25) is 0 Å². The lowest BCUT2D eigenvalue weighted by Gasteiger charge is -2.25. The van der Waals surface area contributed by atoms with E-state index in [1.807, 2.05) is 0 Å². The molecule has 4 heteroatoms.